The summed E-state index contributed by atoms with van der Waals surface area (Å²) in [6, 6.07) is 9.55. The van der Waals surface area contributed by atoms with E-state index in [9.17, 15) is 9.59 Å². The van der Waals surface area contributed by atoms with Crippen molar-refractivity contribution in [3.63, 3.8) is 0 Å². The molecule has 1 aliphatic rings. The molecule has 1 amide bonds. The number of benzene rings is 1. The van der Waals surface area contributed by atoms with Crippen LogP contribution in [0, 0.1) is 13.8 Å². The molecule has 152 valence electrons. The van der Waals surface area contributed by atoms with Gasteiger partial charge >= 0.3 is 0 Å². The van der Waals surface area contributed by atoms with E-state index in [4.69, 9.17) is 4.74 Å². The number of ether oxygens (including phenoxy) is 1. The smallest absolute Gasteiger partial charge is 0.275 e. The Bertz CT molecular complexity index is 1100. The maximum absolute atomic E-state index is 12.8. The summed E-state index contributed by atoms with van der Waals surface area (Å²) in [7, 11) is 1.63. The second kappa shape index (κ2) is 7.73. The molecule has 1 N–H and O–H groups in total. The molecule has 3 heterocycles. The Kier molecular flexibility index (Phi) is 5.13. The highest BCUT2D eigenvalue weighted by atomic mass is 16.5. The van der Waals surface area contributed by atoms with E-state index in [-0.39, 0.29) is 17.4 Å². The van der Waals surface area contributed by atoms with Gasteiger partial charge in [-0.1, -0.05) is 12.1 Å². The minimum absolute atomic E-state index is 0.0676. The number of amides is 1. The van der Waals surface area contributed by atoms with Crippen molar-refractivity contribution in [1.29, 1.82) is 0 Å². The molecule has 0 spiro atoms. The molecule has 1 aliphatic heterocycles. The number of carbonyl (C=O) groups excluding carboxylic acids is 1. The van der Waals surface area contributed by atoms with Gasteiger partial charge in [-0.25, -0.2) is 9.50 Å². The Morgan fingerprint density at radius 3 is 2.76 bits per heavy atom. The second-order valence-electron chi connectivity index (χ2n) is 7.74. The molecule has 1 atom stereocenters. The topological polar surface area (TPSA) is 79.7 Å². The first-order chi connectivity index (χ1) is 14.0. The van der Waals surface area contributed by atoms with Gasteiger partial charge in [-0.15, -0.1) is 0 Å². The van der Waals surface area contributed by atoms with E-state index in [0.717, 1.165) is 42.1 Å². The third-order valence-electron chi connectivity index (χ3n) is 5.83. The molecule has 0 radical (unpaired) electrons. The van der Waals surface area contributed by atoms with Gasteiger partial charge < -0.3 is 9.64 Å². The van der Waals surface area contributed by atoms with Gasteiger partial charge in [-0.2, -0.15) is 0 Å². The molecule has 0 bridgehead atoms. The van der Waals surface area contributed by atoms with Crippen molar-refractivity contribution in [2.75, 3.05) is 20.2 Å². The molecule has 3 aromatic rings. The monoisotopic (exact) mass is 394 g/mol. The Balaban J connectivity index is 1.50. The molecule has 0 unspecified atom stereocenters. The molecule has 7 heteroatoms. The van der Waals surface area contributed by atoms with Crippen molar-refractivity contribution < 1.29 is 9.53 Å². The van der Waals surface area contributed by atoms with Crippen molar-refractivity contribution in [1.82, 2.24) is 19.5 Å². The number of likely N-dealkylation sites (tertiary alicyclic amines) is 1. The molecule has 7 nitrogen and oxygen atoms in total. The van der Waals surface area contributed by atoms with Crippen LogP contribution in [0.4, 0.5) is 0 Å². The largest absolute Gasteiger partial charge is 0.497 e. The van der Waals surface area contributed by atoms with Gasteiger partial charge in [-0.3, -0.25) is 14.7 Å². The van der Waals surface area contributed by atoms with E-state index in [2.05, 4.69) is 10.1 Å². The van der Waals surface area contributed by atoms with Crippen molar-refractivity contribution in [3.8, 4) is 5.75 Å². The number of nitrogens with zero attached hydrogens (tertiary/aromatic N) is 3. The zero-order valence-corrected chi connectivity index (χ0v) is 17.1. The number of piperidine rings is 1. The summed E-state index contributed by atoms with van der Waals surface area (Å²) in [5.41, 5.74) is 3.90. The molecular formula is C22H26N4O3. The van der Waals surface area contributed by atoms with Crippen LogP contribution in [0.5, 0.6) is 5.75 Å². The number of methoxy groups -OCH3 is 1. The molecule has 2 aromatic heterocycles. The maximum Gasteiger partial charge on any atom is 0.275 e. The fraction of sp³-hybridized carbons (Fsp3) is 0.409. The van der Waals surface area contributed by atoms with E-state index in [1.54, 1.807) is 14.0 Å². The lowest BCUT2D eigenvalue weighted by Crippen LogP contribution is -2.40. The number of aromatic nitrogens is 3. The summed E-state index contributed by atoms with van der Waals surface area (Å²) >= 11 is 0. The predicted octanol–water partition coefficient (Wildman–Crippen LogP) is 2.60. The quantitative estimate of drug-likeness (QED) is 0.738. The highest BCUT2D eigenvalue weighted by Gasteiger charge is 2.26. The van der Waals surface area contributed by atoms with Crippen molar-refractivity contribution in [3.05, 3.63) is 63.2 Å². The lowest BCUT2D eigenvalue weighted by atomic mass is 9.94. The SMILES string of the molecule is COc1ccc(CC(=O)N2CCC[C@H](c3cc4nc(C)c(C)c(=O)n4[nH]3)C2)cc1. The lowest BCUT2D eigenvalue weighted by molar-refractivity contribution is -0.131. The minimum atomic E-state index is -0.0676. The summed E-state index contributed by atoms with van der Waals surface area (Å²) in [5, 5.41) is 3.21. The van der Waals surface area contributed by atoms with Crippen LogP contribution in [0.25, 0.3) is 5.65 Å². The van der Waals surface area contributed by atoms with E-state index in [0.29, 0.717) is 24.2 Å². The Hall–Kier alpha value is -3.09. The van der Waals surface area contributed by atoms with Crippen LogP contribution in [-0.2, 0) is 11.2 Å². The van der Waals surface area contributed by atoms with E-state index < -0.39 is 0 Å². The summed E-state index contributed by atoms with van der Waals surface area (Å²) in [5.74, 6) is 1.08. The fourth-order valence-corrected chi connectivity index (χ4v) is 3.93. The summed E-state index contributed by atoms with van der Waals surface area (Å²) < 4.78 is 6.68. The van der Waals surface area contributed by atoms with Crippen molar-refractivity contribution in [2.24, 2.45) is 0 Å². The molecule has 4 rings (SSSR count). The Morgan fingerprint density at radius 1 is 1.28 bits per heavy atom. The standard InChI is InChI=1S/C22H26N4O3/c1-14-15(2)23-20-12-19(24-26(20)22(14)28)17-5-4-10-25(13-17)21(27)11-16-6-8-18(29-3)9-7-16/h6-9,12,17,24H,4-5,10-11,13H2,1-3H3/t17-/m0/s1. The van der Waals surface area contributed by atoms with Crippen molar-refractivity contribution in [2.45, 2.75) is 39.0 Å². The third kappa shape index (κ3) is 3.77. The third-order valence-corrected chi connectivity index (χ3v) is 5.83. The van der Waals surface area contributed by atoms with Gasteiger partial charge in [0.2, 0.25) is 5.91 Å². The second-order valence-corrected chi connectivity index (χ2v) is 7.74. The van der Waals surface area contributed by atoms with E-state index >= 15 is 0 Å². The van der Waals surface area contributed by atoms with Crippen LogP contribution in [-0.4, -0.2) is 45.6 Å². The van der Waals surface area contributed by atoms with Crippen LogP contribution in [0.2, 0.25) is 0 Å². The first kappa shape index (κ1) is 19.2. The molecule has 29 heavy (non-hydrogen) atoms. The summed E-state index contributed by atoms with van der Waals surface area (Å²) in [6.07, 6.45) is 2.30. The van der Waals surface area contributed by atoms with Crippen LogP contribution in [0.3, 0.4) is 0 Å². The highest BCUT2D eigenvalue weighted by Crippen LogP contribution is 2.27. The van der Waals surface area contributed by atoms with E-state index in [1.165, 1.54) is 4.52 Å². The molecular weight excluding hydrogens is 368 g/mol. The Labute approximate surface area is 169 Å². The van der Waals surface area contributed by atoms with Gasteiger partial charge in [0, 0.05) is 42.0 Å². The van der Waals surface area contributed by atoms with Gasteiger partial charge in [0.25, 0.3) is 5.56 Å². The number of aryl methyl sites for hydroxylation is 1. The molecule has 1 saturated heterocycles. The fourth-order valence-electron chi connectivity index (χ4n) is 3.93. The first-order valence-corrected chi connectivity index (χ1v) is 9.96. The molecule has 0 aliphatic carbocycles. The summed E-state index contributed by atoms with van der Waals surface area (Å²) in [4.78, 5) is 31.8. The van der Waals surface area contributed by atoms with Gasteiger partial charge in [0.05, 0.1) is 13.5 Å². The Morgan fingerprint density at radius 2 is 2.03 bits per heavy atom. The van der Waals surface area contributed by atoms with Crippen LogP contribution in [0.15, 0.2) is 35.1 Å². The number of fused-ring (bicyclic) bond motifs is 1. The average molecular weight is 394 g/mol. The number of rotatable bonds is 4. The van der Waals surface area contributed by atoms with Gasteiger partial charge in [-0.05, 0) is 44.4 Å². The number of H-pyrrole nitrogens is 1. The number of nitrogens with one attached hydrogen (secondary N) is 1. The lowest BCUT2D eigenvalue weighted by Gasteiger charge is -2.32. The number of hydrogen-bond donors (Lipinski definition) is 1. The predicted molar refractivity (Wildman–Crippen MR) is 111 cm³/mol. The number of hydrogen-bond acceptors (Lipinski definition) is 4. The van der Waals surface area contributed by atoms with Crippen LogP contribution >= 0.6 is 0 Å². The zero-order valence-electron chi connectivity index (χ0n) is 17.1. The molecule has 1 aromatic carbocycles. The number of aromatic amines is 1. The maximum atomic E-state index is 12.8. The number of carbonyl (C=O) groups is 1. The van der Waals surface area contributed by atoms with E-state index in [1.807, 2.05) is 42.2 Å². The summed E-state index contributed by atoms with van der Waals surface area (Å²) in [6.45, 7) is 5.05. The minimum Gasteiger partial charge on any atom is -0.497 e. The molecule has 1 fully saturated rings. The van der Waals surface area contributed by atoms with Crippen LogP contribution < -0.4 is 10.3 Å². The zero-order chi connectivity index (χ0) is 20.5. The average Bonchev–Trinajstić information content (AvgIpc) is 3.17. The van der Waals surface area contributed by atoms with Crippen LogP contribution in [0.1, 0.15) is 41.3 Å². The van der Waals surface area contributed by atoms with Gasteiger partial charge in [0.1, 0.15) is 5.75 Å². The normalized spacial score (nSPS) is 16.9. The van der Waals surface area contributed by atoms with Crippen molar-refractivity contribution >= 4 is 11.6 Å². The molecule has 0 saturated carbocycles. The van der Waals surface area contributed by atoms with Gasteiger partial charge in [0.15, 0.2) is 5.65 Å². The highest BCUT2D eigenvalue weighted by molar-refractivity contribution is 5.79. The first-order valence-electron chi connectivity index (χ1n) is 9.96.